The van der Waals surface area contributed by atoms with Crippen molar-refractivity contribution in [2.75, 3.05) is 4.90 Å². The van der Waals surface area contributed by atoms with Gasteiger partial charge in [0, 0.05) is 17.2 Å². The molecule has 7 rings (SSSR count). The Morgan fingerprint density at radius 2 is 1.65 bits per heavy atom. The van der Waals surface area contributed by atoms with Crippen LogP contribution in [0.4, 0.5) is 5.69 Å². The van der Waals surface area contributed by atoms with E-state index < -0.39 is 17.4 Å². The summed E-state index contributed by atoms with van der Waals surface area (Å²) in [7, 11) is 0. The van der Waals surface area contributed by atoms with E-state index in [-0.39, 0.29) is 35.1 Å². The Balaban J connectivity index is 1.48. The molecule has 1 aromatic heterocycles. The Hall–Kier alpha value is -4.43. The van der Waals surface area contributed by atoms with E-state index in [1.807, 2.05) is 36.4 Å². The van der Waals surface area contributed by atoms with Crippen LogP contribution in [0.1, 0.15) is 48.9 Å². The number of nitrogens with one attached hydrogen (secondary N) is 1. The average molecular weight is 533 g/mol. The van der Waals surface area contributed by atoms with Crippen LogP contribution in [0.5, 0.6) is 0 Å². The number of Topliss-reactive ketones (excluding diaryl/α,β-unsaturated/α-hetero) is 1. The van der Waals surface area contributed by atoms with Crippen molar-refractivity contribution < 1.29 is 14.4 Å². The van der Waals surface area contributed by atoms with Gasteiger partial charge >= 0.3 is 0 Å². The maximum absolute atomic E-state index is 14.5. The molecule has 0 aliphatic carbocycles. The lowest BCUT2D eigenvalue weighted by Crippen LogP contribution is -2.50. The molecule has 2 amide bonds. The monoisotopic (exact) mass is 532 g/mol. The predicted octanol–water partition coefficient (Wildman–Crippen LogP) is 3.97. The van der Waals surface area contributed by atoms with Crippen molar-refractivity contribution in [1.82, 2.24) is 14.9 Å². The van der Waals surface area contributed by atoms with Gasteiger partial charge in [-0.05, 0) is 61.7 Å². The van der Waals surface area contributed by atoms with Gasteiger partial charge in [0.25, 0.3) is 5.56 Å². The molecule has 0 saturated carbocycles. The van der Waals surface area contributed by atoms with Crippen molar-refractivity contribution in [3.63, 3.8) is 0 Å². The molecule has 8 heteroatoms. The second-order valence-corrected chi connectivity index (χ2v) is 11.4. The molecular weight excluding hydrogens is 504 g/mol. The fraction of sp³-hybridized carbons (Fsp3) is 0.281. The first-order valence-electron chi connectivity index (χ1n) is 13.6. The standard InChI is InChI=1S/C32H28N4O4/c1-17(2)16-24-26-27(30(40)35(29(26)39)20-14-12-19(13-15-20)18(3)37)32(34-24)22-9-5-7-11-25(22)36-28(38)21-8-4-6-10-23(21)33-31(32)36/h4-15,17,24,26-27,34H,16H2,1-3H3/t24-,26+,27+,32-/m0/s1. The number of para-hydroxylation sites is 2. The molecule has 4 heterocycles. The molecule has 3 aliphatic heterocycles. The van der Waals surface area contributed by atoms with Gasteiger partial charge in [0.2, 0.25) is 11.8 Å². The van der Waals surface area contributed by atoms with Crippen LogP contribution < -0.4 is 15.8 Å². The Kier molecular flexibility index (Phi) is 5.25. The molecule has 4 aromatic rings. The normalized spacial score (nSPS) is 24.7. The zero-order valence-electron chi connectivity index (χ0n) is 22.4. The Bertz CT molecular complexity index is 1810. The maximum Gasteiger partial charge on any atom is 0.266 e. The summed E-state index contributed by atoms with van der Waals surface area (Å²) in [6.07, 6.45) is 0.666. The summed E-state index contributed by atoms with van der Waals surface area (Å²) in [5.74, 6) is -1.47. The third kappa shape index (κ3) is 3.14. The predicted molar refractivity (Wildman–Crippen MR) is 150 cm³/mol. The quantitative estimate of drug-likeness (QED) is 0.315. The van der Waals surface area contributed by atoms with Crippen LogP contribution >= 0.6 is 0 Å². The van der Waals surface area contributed by atoms with Crippen LogP contribution in [0.2, 0.25) is 0 Å². The average Bonchev–Trinajstić information content (AvgIpc) is 3.51. The van der Waals surface area contributed by atoms with E-state index >= 15 is 0 Å². The highest BCUT2D eigenvalue weighted by Gasteiger charge is 2.69. The molecule has 2 saturated heterocycles. The zero-order valence-corrected chi connectivity index (χ0v) is 22.4. The number of aromatic nitrogens is 2. The molecule has 8 nitrogen and oxygen atoms in total. The van der Waals surface area contributed by atoms with Gasteiger partial charge in [0.1, 0.15) is 11.4 Å². The van der Waals surface area contributed by atoms with Gasteiger partial charge < -0.3 is 0 Å². The summed E-state index contributed by atoms with van der Waals surface area (Å²) < 4.78 is 1.61. The molecule has 200 valence electrons. The first-order valence-corrected chi connectivity index (χ1v) is 13.6. The van der Waals surface area contributed by atoms with Crippen LogP contribution in [0.15, 0.2) is 77.6 Å². The molecule has 3 aromatic carbocycles. The second-order valence-electron chi connectivity index (χ2n) is 11.4. The number of nitrogens with zero attached hydrogens (tertiary/aromatic N) is 3. The van der Waals surface area contributed by atoms with Crippen molar-refractivity contribution in [2.24, 2.45) is 17.8 Å². The van der Waals surface area contributed by atoms with Gasteiger partial charge in [-0.15, -0.1) is 0 Å². The lowest BCUT2D eigenvalue weighted by molar-refractivity contribution is -0.123. The smallest absolute Gasteiger partial charge is 0.266 e. The van der Waals surface area contributed by atoms with Crippen LogP contribution in [-0.2, 0) is 15.1 Å². The van der Waals surface area contributed by atoms with Crippen molar-refractivity contribution in [1.29, 1.82) is 0 Å². The fourth-order valence-electron chi connectivity index (χ4n) is 7.03. The molecular formula is C32H28N4O4. The number of anilines is 1. The molecule has 2 fully saturated rings. The first-order chi connectivity index (χ1) is 19.2. The Labute approximate surface area is 230 Å². The fourth-order valence-corrected chi connectivity index (χ4v) is 7.03. The highest BCUT2D eigenvalue weighted by molar-refractivity contribution is 6.23. The summed E-state index contributed by atoms with van der Waals surface area (Å²) in [6, 6.07) is 21.0. The van der Waals surface area contributed by atoms with Crippen LogP contribution in [0.3, 0.4) is 0 Å². The zero-order chi connectivity index (χ0) is 27.9. The number of benzene rings is 3. The third-order valence-electron chi connectivity index (χ3n) is 8.62. The second kappa shape index (κ2) is 8.53. The number of amides is 2. The van der Waals surface area contributed by atoms with Crippen LogP contribution in [0, 0.1) is 17.8 Å². The van der Waals surface area contributed by atoms with Crippen LogP contribution in [0.25, 0.3) is 16.6 Å². The van der Waals surface area contributed by atoms with Crippen molar-refractivity contribution in [2.45, 2.75) is 38.8 Å². The molecule has 0 radical (unpaired) electrons. The number of carbonyl (C=O) groups is 3. The third-order valence-corrected chi connectivity index (χ3v) is 8.62. The van der Waals surface area contributed by atoms with Crippen molar-refractivity contribution >= 4 is 34.2 Å². The molecule has 4 atom stereocenters. The molecule has 1 spiro atoms. The molecule has 0 unspecified atom stereocenters. The summed E-state index contributed by atoms with van der Waals surface area (Å²) >= 11 is 0. The highest BCUT2D eigenvalue weighted by Crippen LogP contribution is 2.56. The van der Waals surface area contributed by atoms with Gasteiger partial charge in [-0.3, -0.25) is 29.1 Å². The van der Waals surface area contributed by atoms with Crippen molar-refractivity contribution in [3.8, 4) is 5.69 Å². The molecule has 0 bridgehead atoms. The number of hydrogen-bond acceptors (Lipinski definition) is 6. The van der Waals surface area contributed by atoms with E-state index in [0.717, 1.165) is 5.56 Å². The Morgan fingerprint density at radius 1 is 0.950 bits per heavy atom. The van der Waals surface area contributed by atoms with E-state index in [2.05, 4.69) is 19.2 Å². The van der Waals surface area contributed by atoms with Gasteiger partial charge in [0.05, 0.1) is 34.1 Å². The minimum Gasteiger partial charge on any atom is -0.297 e. The SMILES string of the molecule is CC(=O)c1ccc(N2C(=O)[C@@H]3[C@H](CC(C)C)N[C@@]4(c5ccccc5-n5c4nc4ccccc4c5=O)[C@H]3C2=O)cc1. The summed E-state index contributed by atoms with van der Waals surface area (Å²) in [5.41, 5.74) is 1.56. The number of hydrogen-bond donors (Lipinski definition) is 1. The minimum atomic E-state index is -1.16. The Morgan fingerprint density at radius 3 is 2.38 bits per heavy atom. The topological polar surface area (TPSA) is 101 Å². The molecule has 40 heavy (non-hydrogen) atoms. The van der Waals surface area contributed by atoms with E-state index in [4.69, 9.17) is 4.98 Å². The van der Waals surface area contributed by atoms with E-state index in [0.29, 0.717) is 40.1 Å². The number of imide groups is 1. The number of carbonyl (C=O) groups excluding carboxylic acids is 3. The lowest BCUT2D eigenvalue weighted by Gasteiger charge is -2.32. The first kappa shape index (κ1) is 24.6. The number of ketones is 1. The lowest BCUT2D eigenvalue weighted by atomic mass is 9.75. The minimum absolute atomic E-state index is 0.0921. The summed E-state index contributed by atoms with van der Waals surface area (Å²) in [6.45, 7) is 5.66. The molecule has 3 aliphatic rings. The van der Waals surface area contributed by atoms with Crippen molar-refractivity contribution in [3.05, 3.63) is 100 Å². The van der Waals surface area contributed by atoms with Gasteiger partial charge in [-0.2, -0.15) is 0 Å². The summed E-state index contributed by atoms with van der Waals surface area (Å²) in [4.78, 5) is 60.6. The highest BCUT2D eigenvalue weighted by atomic mass is 16.2. The van der Waals surface area contributed by atoms with E-state index in [1.165, 1.54) is 11.8 Å². The largest absolute Gasteiger partial charge is 0.297 e. The van der Waals surface area contributed by atoms with Gasteiger partial charge in [-0.25, -0.2) is 9.88 Å². The summed E-state index contributed by atoms with van der Waals surface area (Å²) in [5, 5.41) is 4.22. The maximum atomic E-state index is 14.5. The van der Waals surface area contributed by atoms with Gasteiger partial charge in [-0.1, -0.05) is 44.2 Å². The van der Waals surface area contributed by atoms with Gasteiger partial charge in [0.15, 0.2) is 5.78 Å². The number of fused-ring (bicyclic) bond motifs is 8. The van der Waals surface area contributed by atoms with E-state index in [9.17, 15) is 19.2 Å². The van der Waals surface area contributed by atoms with E-state index in [1.54, 1.807) is 41.0 Å². The molecule has 1 N–H and O–H groups in total. The van der Waals surface area contributed by atoms with Crippen LogP contribution in [-0.4, -0.2) is 33.2 Å². The number of rotatable bonds is 4.